The molecule has 2 rings (SSSR count). The summed E-state index contributed by atoms with van der Waals surface area (Å²) in [5.74, 6) is -0.0773. The first kappa shape index (κ1) is 9.71. The lowest BCUT2D eigenvalue weighted by molar-refractivity contribution is -0.133. The number of hydroxylamine groups is 1. The van der Waals surface area contributed by atoms with Crippen LogP contribution >= 0.6 is 0 Å². The van der Waals surface area contributed by atoms with Gasteiger partial charge in [-0.25, -0.2) is 0 Å². The van der Waals surface area contributed by atoms with E-state index in [0.29, 0.717) is 5.75 Å². The first-order valence-corrected chi connectivity index (χ1v) is 4.73. The van der Waals surface area contributed by atoms with Crippen molar-refractivity contribution in [1.29, 1.82) is 0 Å². The van der Waals surface area contributed by atoms with Gasteiger partial charge in [-0.05, 0) is 13.0 Å². The zero-order valence-corrected chi connectivity index (χ0v) is 8.32. The summed E-state index contributed by atoms with van der Waals surface area (Å²) in [5, 5.41) is 0. The predicted octanol–water partition coefficient (Wildman–Crippen LogP) is 1.17. The summed E-state index contributed by atoms with van der Waals surface area (Å²) in [7, 11) is 0. The molecule has 4 nitrogen and oxygen atoms in total. The van der Waals surface area contributed by atoms with Crippen LogP contribution in [0.2, 0.25) is 0 Å². The van der Waals surface area contributed by atoms with E-state index >= 15 is 0 Å². The topological polar surface area (TPSA) is 55.4 Å². The van der Waals surface area contributed by atoms with Gasteiger partial charge in [-0.2, -0.15) is 5.48 Å². The largest absolute Gasteiger partial charge is 0.379 e. The molecular weight excluding hydrogens is 194 g/mol. The Kier molecular flexibility index (Phi) is 2.41. The minimum atomic E-state index is -0.424. The lowest BCUT2D eigenvalue weighted by atomic mass is 9.92. The van der Waals surface area contributed by atoms with Crippen LogP contribution in [0.3, 0.4) is 0 Å². The number of Topliss-reactive ketones (excluding diaryl/α,β-unsaturated/α-hetero) is 1. The Morgan fingerprint density at radius 1 is 1.47 bits per heavy atom. The van der Waals surface area contributed by atoms with Crippen molar-refractivity contribution in [3.8, 4) is 5.75 Å². The first-order valence-electron chi connectivity index (χ1n) is 4.73. The number of fused-ring (bicyclic) bond motifs is 1. The zero-order chi connectivity index (χ0) is 10.8. The second-order valence-corrected chi connectivity index (χ2v) is 3.56. The molecule has 4 heteroatoms. The van der Waals surface area contributed by atoms with E-state index in [4.69, 9.17) is 4.84 Å². The van der Waals surface area contributed by atoms with E-state index in [-0.39, 0.29) is 18.1 Å². The summed E-state index contributed by atoms with van der Waals surface area (Å²) in [6.45, 7) is 1.48. The Hall–Kier alpha value is -1.84. The third kappa shape index (κ3) is 1.83. The fourth-order valence-corrected chi connectivity index (χ4v) is 1.67. The number of rotatable bonds is 2. The van der Waals surface area contributed by atoms with Gasteiger partial charge in [0.1, 0.15) is 5.78 Å². The van der Waals surface area contributed by atoms with Gasteiger partial charge in [0.05, 0.1) is 5.92 Å². The number of ketones is 1. The number of amides is 1. The van der Waals surface area contributed by atoms with Gasteiger partial charge in [-0.1, -0.05) is 18.2 Å². The highest BCUT2D eigenvalue weighted by Crippen LogP contribution is 2.31. The quantitative estimate of drug-likeness (QED) is 0.788. The van der Waals surface area contributed by atoms with Gasteiger partial charge >= 0.3 is 0 Å². The van der Waals surface area contributed by atoms with Crippen LogP contribution < -0.4 is 10.3 Å². The maximum Gasteiger partial charge on any atom is 0.260 e. The molecule has 1 N–H and O–H groups in total. The standard InChI is InChI=1S/C11H11NO3/c1-7(13)6-9-8-4-2-3-5-10(8)15-12-11(9)14/h2-5,9H,6H2,1H3,(H,12,14). The van der Waals surface area contributed by atoms with E-state index < -0.39 is 5.92 Å². The molecule has 0 fully saturated rings. The van der Waals surface area contributed by atoms with Gasteiger partial charge in [0.15, 0.2) is 5.75 Å². The fraction of sp³-hybridized carbons (Fsp3) is 0.273. The Morgan fingerprint density at radius 2 is 2.20 bits per heavy atom. The molecule has 15 heavy (non-hydrogen) atoms. The van der Waals surface area contributed by atoms with E-state index in [9.17, 15) is 9.59 Å². The average molecular weight is 205 g/mol. The van der Waals surface area contributed by atoms with Crippen molar-refractivity contribution in [3.05, 3.63) is 29.8 Å². The van der Waals surface area contributed by atoms with Crippen molar-refractivity contribution in [2.45, 2.75) is 19.3 Å². The van der Waals surface area contributed by atoms with Crippen molar-refractivity contribution in [3.63, 3.8) is 0 Å². The van der Waals surface area contributed by atoms with Crippen LogP contribution in [0.4, 0.5) is 0 Å². The van der Waals surface area contributed by atoms with Crippen molar-refractivity contribution < 1.29 is 14.4 Å². The van der Waals surface area contributed by atoms with E-state index in [1.807, 2.05) is 18.2 Å². The second-order valence-electron chi connectivity index (χ2n) is 3.56. The van der Waals surface area contributed by atoms with Crippen LogP contribution in [-0.2, 0) is 9.59 Å². The molecule has 1 aliphatic rings. The molecule has 1 aliphatic heterocycles. The summed E-state index contributed by atoms with van der Waals surface area (Å²) < 4.78 is 0. The SMILES string of the molecule is CC(=O)CC1C(=O)NOc2ccccc21. The fourth-order valence-electron chi connectivity index (χ4n) is 1.67. The summed E-state index contributed by atoms with van der Waals surface area (Å²) in [4.78, 5) is 27.6. The van der Waals surface area contributed by atoms with Gasteiger partial charge in [-0.3, -0.25) is 9.59 Å². The van der Waals surface area contributed by atoms with Crippen molar-refractivity contribution in [2.75, 3.05) is 0 Å². The van der Waals surface area contributed by atoms with Gasteiger partial charge < -0.3 is 4.84 Å². The predicted molar refractivity (Wildman–Crippen MR) is 53.3 cm³/mol. The minimum Gasteiger partial charge on any atom is -0.379 e. The number of benzene rings is 1. The third-order valence-corrected chi connectivity index (χ3v) is 2.36. The Balaban J connectivity index is 2.37. The number of carbonyl (C=O) groups excluding carboxylic acids is 2. The van der Waals surface area contributed by atoms with Crippen LogP contribution in [0, 0.1) is 0 Å². The van der Waals surface area contributed by atoms with E-state index in [2.05, 4.69) is 5.48 Å². The third-order valence-electron chi connectivity index (χ3n) is 2.36. The minimum absolute atomic E-state index is 0.00754. The molecule has 1 aromatic carbocycles. The molecule has 0 aromatic heterocycles. The average Bonchev–Trinajstić information content (AvgIpc) is 2.22. The van der Waals surface area contributed by atoms with E-state index in [0.717, 1.165) is 5.56 Å². The molecule has 1 aromatic rings. The van der Waals surface area contributed by atoms with Crippen LogP contribution in [0.5, 0.6) is 5.75 Å². The molecule has 0 aliphatic carbocycles. The Bertz CT molecular complexity index is 414. The molecule has 1 amide bonds. The molecule has 0 saturated carbocycles. The highest BCUT2D eigenvalue weighted by molar-refractivity contribution is 5.90. The molecular formula is C11H11NO3. The molecule has 0 saturated heterocycles. The van der Waals surface area contributed by atoms with Crippen LogP contribution in [0.25, 0.3) is 0 Å². The summed E-state index contributed by atoms with van der Waals surface area (Å²) in [5.41, 5.74) is 3.08. The lowest BCUT2D eigenvalue weighted by Gasteiger charge is -2.23. The second kappa shape index (κ2) is 3.73. The van der Waals surface area contributed by atoms with Crippen molar-refractivity contribution >= 4 is 11.7 Å². The van der Waals surface area contributed by atoms with Gasteiger partial charge in [0.25, 0.3) is 5.91 Å². The molecule has 1 atom stereocenters. The van der Waals surface area contributed by atoms with Crippen LogP contribution in [0.15, 0.2) is 24.3 Å². The smallest absolute Gasteiger partial charge is 0.260 e. The number of nitrogens with one attached hydrogen (secondary N) is 1. The monoisotopic (exact) mass is 205 g/mol. The summed E-state index contributed by atoms with van der Waals surface area (Å²) in [6.07, 6.45) is 0.214. The molecule has 1 heterocycles. The van der Waals surface area contributed by atoms with Gasteiger partial charge in [-0.15, -0.1) is 0 Å². The molecule has 0 radical (unpaired) electrons. The number of para-hydroxylation sites is 1. The summed E-state index contributed by atoms with van der Waals surface area (Å²) in [6, 6.07) is 7.22. The Labute approximate surface area is 87.2 Å². The number of hydrogen-bond donors (Lipinski definition) is 1. The maximum absolute atomic E-state index is 11.5. The number of hydrogen-bond acceptors (Lipinski definition) is 3. The maximum atomic E-state index is 11.5. The molecule has 0 spiro atoms. The summed E-state index contributed by atoms with van der Waals surface area (Å²) >= 11 is 0. The van der Waals surface area contributed by atoms with E-state index in [1.54, 1.807) is 6.07 Å². The molecule has 0 bridgehead atoms. The normalized spacial score (nSPS) is 18.7. The van der Waals surface area contributed by atoms with E-state index in [1.165, 1.54) is 6.92 Å². The number of carbonyl (C=O) groups is 2. The van der Waals surface area contributed by atoms with Crippen molar-refractivity contribution in [1.82, 2.24) is 5.48 Å². The molecule has 78 valence electrons. The lowest BCUT2D eigenvalue weighted by Crippen LogP contribution is -2.37. The highest BCUT2D eigenvalue weighted by Gasteiger charge is 2.29. The molecule has 1 unspecified atom stereocenters. The Morgan fingerprint density at radius 3 is 2.93 bits per heavy atom. The van der Waals surface area contributed by atoms with Gasteiger partial charge in [0.2, 0.25) is 0 Å². The first-order chi connectivity index (χ1) is 7.18. The van der Waals surface area contributed by atoms with Crippen molar-refractivity contribution in [2.24, 2.45) is 0 Å². The van der Waals surface area contributed by atoms with Crippen LogP contribution in [-0.4, -0.2) is 11.7 Å². The zero-order valence-electron chi connectivity index (χ0n) is 8.32. The van der Waals surface area contributed by atoms with Crippen LogP contribution in [0.1, 0.15) is 24.8 Å². The van der Waals surface area contributed by atoms with Gasteiger partial charge in [0, 0.05) is 12.0 Å². The highest BCUT2D eigenvalue weighted by atomic mass is 16.7.